The quantitative estimate of drug-likeness (QED) is 0.550. The van der Waals surface area contributed by atoms with Crippen LogP contribution in [0.3, 0.4) is 0 Å². The first-order valence-electron chi connectivity index (χ1n) is 8.49. The van der Waals surface area contributed by atoms with Crippen LogP contribution in [0.4, 0.5) is 18.9 Å². The highest BCUT2D eigenvalue weighted by Crippen LogP contribution is 2.34. The summed E-state index contributed by atoms with van der Waals surface area (Å²) in [5, 5.41) is 14.5. The van der Waals surface area contributed by atoms with Crippen LogP contribution in [0.25, 0.3) is 0 Å². The number of aromatic nitrogens is 2. The Hall–Kier alpha value is -2.51. The Balaban J connectivity index is 1.79. The summed E-state index contributed by atoms with van der Waals surface area (Å²) in [4.78, 5) is 9.91. The smallest absolute Gasteiger partial charge is 0.376 e. The van der Waals surface area contributed by atoms with Crippen LogP contribution < -0.4 is 4.72 Å². The van der Waals surface area contributed by atoms with E-state index in [2.05, 4.69) is 9.82 Å². The molecule has 3 rings (SSSR count). The van der Waals surface area contributed by atoms with Gasteiger partial charge in [-0.15, -0.1) is 0 Å². The van der Waals surface area contributed by atoms with Gasteiger partial charge in [0.05, 0.1) is 29.6 Å². The first kappa shape index (κ1) is 21.2. The number of nitrogens with zero attached hydrogens (tertiary/aromatic N) is 3. The summed E-state index contributed by atoms with van der Waals surface area (Å²) in [6.07, 6.45) is -4.41. The predicted octanol–water partition coefficient (Wildman–Crippen LogP) is 2.17. The number of nitro groups is 1. The van der Waals surface area contributed by atoms with Gasteiger partial charge in [-0.2, -0.15) is 18.3 Å². The summed E-state index contributed by atoms with van der Waals surface area (Å²) in [7, 11) is -4.10. The first-order valence-corrected chi connectivity index (χ1v) is 9.97. The maximum Gasteiger partial charge on any atom is 0.435 e. The molecule has 0 spiro atoms. The Bertz CT molecular complexity index is 1050. The van der Waals surface area contributed by atoms with Crippen LogP contribution in [0.1, 0.15) is 22.5 Å². The first-order chi connectivity index (χ1) is 13.5. The zero-order chi connectivity index (χ0) is 21.4. The fourth-order valence-electron chi connectivity index (χ4n) is 3.08. The zero-order valence-electron chi connectivity index (χ0n) is 15.2. The number of alkyl halides is 3. The number of hydrogen-bond acceptors (Lipinski definition) is 6. The third-order valence-corrected chi connectivity index (χ3v) is 6.06. The number of rotatable bonds is 6. The molecule has 0 aliphatic carbocycles. The molecule has 0 saturated heterocycles. The predicted molar refractivity (Wildman–Crippen MR) is 93.6 cm³/mol. The summed E-state index contributed by atoms with van der Waals surface area (Å²) in [6.45, 7) is 1.15. The van der Waals surface area contributed by atoms with Gasteiger partial charge >= 0.3 is 6.18 Å². The van der Waals surface area contributed by atoms with Gasteiger partial charge in [0.15, 0.2) is 5.69 Å². The van der Waals surface area contributed by atoms with Crippen molar-refractivity contribution in [2.24, 2.45) is 0 Å². The number of ether oxygens (including phenoxy) is 1. The number of benzene rings is 1. The molecule has 0 atom stereocenters. The van der Waals surface area contributed by atoms with Gasteiger partial charge in [0.2, 0.25) is 10.0 Å². The van der Waals surface area contributed by atoms with Crippen molar-refractivity contribution in [2.75, 3.05) is 13.2 Å². The van der Waals surface area contributed by atoms with Gasteiger partial charge < -0.3 is 4.74 Å². The summed E-state index contributed by atoms with van der Waals surface area (Å²) in [5.74, 6) is 0. The summed E-state index contributed by atoms with van der Waals surface area (Å²) in [5.41, 5.74) is -0.803. The van der Waals surface area contributed by atoms with Gasteiger partial charge in [0, 0.05) is 36.4 Å². The molecule has 0 fully saturated rings. The normalized spacial score (nSPS) is 14.6. The lowest BCUT2D eigenvalue weighted by molar-refractivity contribution is -0.385. The molecule has 0 unspecified atom stereocenters. The number of sulfonamides is 1. The Kier molecular flexibility index (Phi) is 5.65. The lowest BCUT2D eigenvalue weighted by Crippen LogP contribution is -2.29. The van der Waals surface area contributed by atoms with Crippen molar-refractivity contribution in [3.63, 3.8) is 0 Å². The SMILES string of the molecule is Cc1ccc([N+](=O)[O-])cc1S(=O)(=O)NCCn1nc(C(F)(F)F)c2c1CCOC2. The molecule has 158 valence electrons. The van der Waals surface area contributed by atoms with Gasteiger partial charge in [0.25, 0.3) is 5.69 Å². The van der Waals surface area contributed by atoms with Crippen LogP contribution >= 0.6 is 0 Å². The van der Waals surface area contributed by atoms with E-state index in [1.54, 1.807) is 0 Å². The molecule has 9 nitrogen and oxygen atoms in total. The number of nitrogens with one attached hydrogen (secondary N) is 1. The topological polar surface area (TPSA) is 116 Å². The van der Waals surface area contributed by atoms with E-state index in [9.17, 15) is 31.7 Å². The molecular formula is C16H17F3N4O5S. The molecule has 0 amide bonds. The molecule has 0 saturated carbocycles. The number of aryl methyl sites for hydroxylation is 1. The number of nitro benzene ring substituents is 1. The van der Waals surface area contributed by atoms with E-state index in [0.29, 0.717) is 11.3 Å². The minimum Gasteiger partial charge on any atom is -0.376 e. The van der Waals surface area contributed by atoms with Crippen molar-refractivity contribution < 1.29 is 31.2 Å². The lowest BCUT2D eigenvalue weighted by atomic mass is 10.1. The third-order valence-electron chi connectivity index (χ3n) is 4.45. The van der Waals surface area contributed by atoms with E-state index < -0.39 is 26.8 Å². The van der Waals surface area contributed by atoms with Crippen molar-refractivity contribution in [1.29, 1.82) is 0 Å². The van der Waals surface area contributed by atoms with Crippen LogP contribution in [0.2, 0.25) is 0 Å². The maximum absolute atomic E-state index is 13.2. The van der Waals surface area contributed by atoms with Crippen molar-refractivity contribution in [1.82, 2.24) is 14.5 Å². The molecule has 1 N–H and O–H groups in total. The molecule has 1 aromatic carbocycles. The van der Waals surface area contributed by atoms with Crippen molar-refractivity contribution in [3.8, 4) is 0 Å². The highest BCUT2D eigenvalue weighted by Gasteiger charge is 2.39. The summed E-state index contributed by atoms with van der Waals surface area (Å²) < 4.78 is 73.0. The van der Waals surface area contributed by atoms with Gasteiger partial charge in [-0.1, -0.05) is 6.07 Å². The molecule has 0 radical (unpaired) electrons. The molecule has 2 heterocycles. The Morgan fingerprint density at radius 1 is 1.38 bits per heavy atom. The molecule has 1 aliphatic heterocycles. The van der Waals surface area contributed by atoms with Gasteiger partial charge in [-0.05, 0) is 12.5 Å². The largest absolute Gasteiger partial charge is 0.435 e. The number of non-ortho nitro benzene ring substituents is 1. The highest BCUT2D eigenvalue weighted by atomic mass is 32.2. The average molecular weight is 434 g/mol. The van der Waals surface area contributed by atoms with E-state index in [1.165, 1.54) is 19.1 Å². The van der Waals surface area contributed by atoms with E-state index in [4.69, 9.17) is 4.74 Å². The zero-order valence-corrected chi connectivity index (χ0v) is 16.0. The summed E-state index contributed by atoms with van der Waals surface area (Å²) >= 11 is 0. The van der Waals surface area contributed by atoms with Gasteiger partial charge in [-0.3, -0.25) is 14.8 Å². The number of hydrogen-bond donors (Lipinski definition) is 1. The van der Waals surface area contributed by atoms with E-state index >= 15 is 0 Å². The minimum atomic E-state index is -4.64. The number of halogens is 3. The summed E-state index contributed by atoms with van der Waals surface area (Å²) in [6, 6.07) is 3.43. The minimum absolute atomic E-state index is 0.0406. The molecule has 2 aromatic rings. The van der Waals surface area contributed by atoms with E-state index in [0.717, 1.165) is 10.7 Å². The van der Waals surface area contributed by atoms with Crippen LogP contribution in [0, 0.1) is 17.0 Å². The van der Waals surface area contributed by atoms with Gasteiger partial charge in [0.1, 0.15) is 0 Å². The van der Waals surface area contributed by atoms with Crippen molar-refractivity contribution in [3.05, 3.63) is 50.8 Å². The highest BCUT2D eigenvalue weighted by molar-refractivity contribution is 7.89. The Morgan fingerprint density at radius 3 is 2.76 bits per heavy atom. The fourth-order valence-corrected chi connectivity index (χ4v) is 4.36. The van der Waals surface area contributed by atoms with E-state index in [1.807, 2.05) is 0 Å². The van der Waals surface area contributed by atoms with Crippen LogP contribution in [0.5, 0.6) is 0 Å². The standard InChI is InChI=1S/C16H17F3N4O5S/c1-10-2-3-11(23(24)25)8-14(10)29(26,27)20-5-6-22-13-4-7-28-9-12(13)15(21-22)16(17,18)19/h2-3,8,20H,4-7,9H2,1H3. The molecule has 1 aromatic heterocycles. The van der Waals surface area contributed by atoms with Crippen molar-refractivity contribution >= 4 is 15.7 Å². The maximum atomic E-state index is 13.2. The van der Waals surface area contributed by atoms with Gasteiger partial charge in [-0.25, -0.2) is 13.1 Å². The fraction of sp³-hybridized carbons (Fsp3) is 0.438. The van der Waals surface area contributed by atoms with Crippen molar-refractivity contribution in [2.45, 2.75) is 37.6 Å². The molecule has 13 heteroatoms. The third kappa shape index (κ3) is 4.41. The molecular weight excluding hydrogens is 417 g/mol. The Morgan fingerprint density at radius 2 is 2.10 bits per heavy atom. The average Bonchev–Trinajstić information content (AvgIpc) is 3.01. The van der Waals surface area contributed by atoms with Crippen LogP contribution in [-0.2, 0) is 40.5 Å². The second-order valence-corrected chi connectivity index (χ2v) is 8.14. The monoisotopic (exact) mass is 434 g/mol. The Labute approximate surface area is 163 Å². The van der Waals surface area contributed by atoms with Crippen LogP contribution in [-0.4, -0.2) is 36.3 Å². The number of fused-ring (bicyclic) bond motifs is 1. The molecule has 29 heavy (non-hydrogen) atoms. The second-order valence-electron chi connectivity index (χ2n) is 6.40. The van der Waals surface area contributed by atoms with Crippen LogP contribution in [0.15, 0.2) is 23.1 Å². The van der Waals surface area contributed by atoms with E-state index in [-0.39, 0.29) is 48.9 Å². The molecule has 0 bridgehead atoms. The lowest BCUT2D eigenvalue weighted by Gasteiger charge is -2.15. The second kappa shape index (κ2) is 7.72. The molecule has 1 aliphatic rings.